The van der Waals surface area contributed by atoms with Crippen molar-refractivity contribution >= 4 is 17.5 Å². The number of fused-ring (bicyclic) bond motifs is 1. The maximum absolute atomic E-state index is 13.0. The zero-order valence-electron chi connectivity index (χ0n) is 18.0. The maximum atomic E-state index is 13.0. The number of amides is 2. The number of hydrogen-bond acceptors (Lipinski definition) is 3. The highest BCUT2D eigenvalue weighted by Gasteiger charge is 2.25. The van der Waals surface area contributed by atoms with Crippen LogP contribution in [0.3, 0.4) is 0 Å². The van der Waals surface area contributed by atoms with E-state index in [1.54, 1.807) is 24.3 Å². The lowest BCUT2D eigenvalue weighted by Crippen LogP contribution is -2.47. The molecule has 1 atom stereocenters. The summed E-state index contributed by atoms with van der Waals surface area (Å²) < 4.78 is 2.22. The van der Waals surface area contributed by atoms with Crippen LogP contribution >= 0.6 is 0 Å². The molecule has 1 aromatic heterocycles. The van der Waals surface area contributed by atoms with Crippen LogP contribution in [0.4, 0.5) is 5.69 Å². The first kappa shape index (κ1) is 20.8. The van der Waals surface area contributed by atoms with Gasteiger partial charge in [-0.25, -0.2) is 4.98 Å². The monoisotopic (exact) mass is 416 g/mol. The zero-order valence-corrected chi connectivity index (χ0v) is 18.0. The number of carbonyl (C=O) groups is 2. The first-order chi connectivity index (χ1) is 15.0. The van der Waals surface area contributed by atoms with Crippen LogP contribution < -0.4 is 10.6 Å². The molecule has 3 aromatic rings. The van der Waals surface area contributed by atoms with Crippen LogP contribution in [0, 0.1) is 5.92 Å². The molecule has 0 spiro atoms. The molecule has 160 valence electrons. The van der Waals surface area contributed by atoms with E-state index in [1.165, 1.54) is 12.8 Å². The van der Waals surface area contributed by atoms with E-state index in [2.05, 4.69) is 21.4 Å². The molecular formula is C25H28N4O2. The largest absolute Gasteiger partial charge is 0.340 e. The number of nitrogens with one attached hydrogen (secondary N) is 2. The quantitative estimate of drug-likeness (QED) is 0.630. The van der Waals surface area contributed by atoms with Gasteiger partial charge in [-0.2, -0.15) is 0 Å². The Morgan fingerprint density at radius 1 is 1.03 bits per heavy atom. The normalized spacial score (nSPS) is 14.0. The first-order valence-electron chi connectivity index (χ1n) is 10.8. The highest BCUT2D eigenvalue weighted by Crippen LogP contribution is 2.25. The highest BCUT2D eigenvalue weighted by atomic mass is 16.2. The minimum Gasteiger partial charge on any atom is -0.340 e. The van der Waals surface area contributed by atoms with Gasteiger partial charge in [0, 0.05) is 36.0 Å². The van der Waals surface area contributed by atoms with Crippen LogP contribution in [0.1, 0.15) is 42.9 Å². The second-order valence-electron chi connectivity index (χ2n) is 8.32. The van der Waals surface area contributed by atoms with E-state index in [0.29, 0.717) is 11.3 Å². The maximum Gasteiger partial charge on any atom is 0.251 e. The molecule has 1 aliphatic heterocycles. The number of rotatable bonds is 6. The van der Waals surface area contributed by atoms with Crippen molar-refractivity contribution in [3.05, 3.63) is 72.2 Å². The topological polar surface area (TPSA) is 76.0 Å². The number of imidazole rings is 1. The van der Waals surface area contributed by atoms with Crippen LogP contribution in [0.15, 0.2) is 60.8 Å². The van der Waals surface area contributed by atoms with Gasteiger partial charge in [0.1, 0.15) is 11.9 Å². The number of anilines is 1. The number of aryl methyl sites for hydroxylation is 2. The van der Waals surface area contributed by atoms with Crippen LogP contribution in [-0.2, 0) is 17.8 Å². The summed E-state index contributed by atoms with van der Waals surface area (Å²) in [4.78, 5) is 30.3. The molecule has 1 aliphatic rings. The summed E-state index contributed by atoms with van der Waals surface area (Å²) in [6, 6.07) is 16.0. The molecule has 1 unspecified atom stereocenters. The average Bonchev–Trinajstić information content (AvgIpc) is 3.22. The van der Waals surface area contributed by atoms with Crippen molar-refractivity contribution in [1.29, 1.82) is 0 Å². The summed E-state index contributed by atoms with van der Waals surface area (Å²) in [5, 5.41) is 5.83. The van der Waals surface area contributed by atoms with Gasteiger partial charge in [0.05, 0.1) is 5.69 Å². The van der Waals surface area contributed by atoms with Crippen molar-refractivity contribution in [2.24, 2.45) is 5.92 Å². The fourth-order valence-electron chi connectivity index (χ4n) is 3.88. The predicted molar refractivity (Wildman–Crippen MR) is 122 cm³/mol. The molecule has 0 fully saturated rings. The van der Waals surface area contributed by atoms with E-state index < -0.39 is 6.04 Å². The molecule has 0 saturated heterocycles. The number of carbonyl (C=O) groups excluding carboxylic acids is 2. The van der Waals surface area contributed by atoms with E-state index in [-0.39, 0.29) is 17.7 Å². The molecule has 0 bridgehead atoms. The Morgan fingerprint density at radius 2 is 1.84 bits per heavy atom. The number of benzene rings is 2. The van der Waals surface area contributed by atoms with Crippen LogP contribution in [-0.4, -0.2) is 27.4 Å². The second-order valence-corrected chi connectivity index (χ2v) is 8.32. The molecule has 2 heterocycles. The van der Waals surface area contributed by atoms with Crippen molar-refractivity contribution in [3.63, 3.8) is 0 Å². The van der Waals surface area contributed by atoms with Crippen molar-refractivity contribution in [2.45, 2.75) is 45.7 Å². The zero-order chi connectivity index (χ0) is 21.8. The Labute approximate surface area is 182 Å². The second kappa shape index (κ2) is 9.16. The van der Waals surface area contributed by atoms with Gasteiger partial charge in [0.2, 0.25) is 5.91 Å². The predicted octanol–water partition coefficient (Wildman–Crippen LogP) is 4.28. The van der Waals surface area contributed by atoms with Gasteiger partial charge in [-0.15, -0.1) is 0 Å². The van der Waals surface area contributed by atoms with Gasteiger partial charge < -0.3 is 15.2 Å². The molecule has 6 heteroatoms. The molecular weight excluding hydrogens is 388 g/mol. The SMILES string of the molecule is CC(C)C(NC(=O)c1ccccc1)C(=O)Nc1cccc(-c2cn3c(n2)CCCC3)c1. The summed E-state index contributed by atoms with van der Waals surface area (Å²) in [7, 11) is 0. The van der Waals surface area contributed by atoms with Gasteiger partial charge >= 0.3 is 0 Å². The molecule has 2 aromatic carbocycles. The van der Waals surface area contributed by atoms with Crippen molar-refractivity contribution in [3.8, 4) is 11.3 Å². The number of aromatic nitrogens is 2. The Balaban J connectivity index is 1.48. The summed E-state index contributed by atoms with van der Waals surface area (Å²) in [5.74, 6) is 0.572. The average molecular weight is 417 g/mol. The molecule has 0 aliphatic carbocycles. The Bertz CT molecular complexity index is 1050. The van der Waals surface area contributed by atoms with Crippen LogP contribution in [0.25, 0.3) is 11.3 Å². The fraction of sp³-hybridized carbons (Fsp3) is 0.320. The lowest BCUT2D eigenvalue weighted by molar-refractivity contribution is -0.118. The lowest BCUT2D eigenvalue weighted by atomic mass is 10.0. The molecule has 31 heavy (non-hydrogen) atoms. The Kier molecular flexibility index (Phi) is 6.16. The van der Waals surface area contributed by atoms with Crippen LogP contribution in [0.2, 0.25) is 0 Å². The van der Waals surface area contributed by atoms with Crippen molar-refractivity contribution in [2.75, 3.05) is 5.32 Å². The van der Waals surface area contributed by atoms with E-state index in [1.807, 2.05) is 44.2 Å². The molecule has 6 nitrogen and oxygen atoms in total. The standard InChI is InChI=1S/C25H28N4O2/c1-17(2)23(28-24(30)18-9-4-3-5-10-18)25(31)26-20-12-8-11-19(15-20)21-16-29-14-7-6-13-22(29)27-21/h3-5,8-12,15-17,23H,6-7,13-14H2,1-2H3,(H,26,31)(H,28,30). The number of nitrogens with zero attached hydrogens (tertiary/aromatic N) is 2. The van der Waals surface area contributed by atoms with Gasteiger partial charge in [-0.05, 0) is 43.0 Å². The highest BCUT2D eigenvalue weighted by molar-refractivity contribution is 6.01. The first-order valence-corrected chi connectivity index (χ1v) is 10.8. The third-order valence-corrected chi connectivity index (χ3v) is 5.61. The van der Waals surface area contributed by atoms with E-state index in [9.17, 15) is 9.59 Å². The minimum absolute atomic E-state index is 0.0595. The van der Waals surface area contributed by atoms with Gasteiger partial charge in [-0.1, -0.05) is 44.2 Å². The van der Waals surface area contributed by atoms with E-state index in [0.717, 1.165) is 30.0 Å². The van der Waals surface area contributed by atoms with Gasteiger partial charge in [0.25, 0.3) is 5.91 Å². The van der Waals surface area contributed by atoms with Crippen LogP contribution in [0.5, 0.6) is 0 Å². The van der Waals surface area contributed by atoms with Crippen molar-refractivity contribution in [1.82, 2.24) is 14.9 Å². The van der Waals surface area contributed by atoms with E-state index in [4.69, 9.17) is 4.98 Å². The third kappa shape index (κ3) is 4.85. The third-order valence-electron chi connectivity index (χ3n) is 5.61. The molecule has 0 saturated carbocycles. The Hall–Kier alpha value is -3.41. The lowest BCUT2D eigenvalue weighted by Gasteiger charge is -2.22. The molecule has 4 rings (SSSR count). The Morgan fingerprint density at radius 3 is 2.58 bits per heavy atom. The fourth-order valence-corrected chi connectivity index (χ4v) is 3.88. The molecule has 2 N–H and O–H groups in total. The summed E-state index contributed by atoms with van der Waals surface area (Å²) in [5.41, 5.74) is 3.11. The smallest absolute Gasteiger partial charge is 0.251 e. The summed E-state index contributed by atoms with van der Waals surface area (Å²) in [6.45, 7) is 4.85. The summed E-state index contributed by atoms with van der Waals surface area (Å²) in [6.07, 6.45) is 5.46. The van der Waals surface area contributed by atoms with Gasteiger partial charge in [-0.3, -0.25) is 9.59 Å². The summed E-state index contributed by atoms with van der Waals surface area (Å²) >= 11 is 0. The molecule has 2 amide bonds. The minimum atomic E-state index is -0.642. The van der Waals surface area contributed by atoms with Gasteiger partial charge in [0.15, 0.2) is 0 Å². The molecule has 0 radical (unpaired) electrons. The van der Waals surface area contributed by atoms with Crippen molar-refractivity contribution < 1.29 is 9.59 Å². The van der Waals surface area contributed by atoms with E-state index >= 15 is 0 Å². The number of hydrogen-bond donors (Lipinski definition) is 2.